The van der Waals surface area contributed by atoms with Crippen molar-refractivity contribution in [1.82, 2.24) is 0 Å². The summed E-state index contributed by atoms with van der Waals surface area (Å²) in [5.41, 5.74) is 1.45. The predicted octanol–water partition coefficient (Wildman–Crippen LogP) is 2.05. The number of hydrogen-bond acceptors (Lipinski definition) is 4. The zero-order valence-corrected chi connectivity index (χ0v) is 10.6. The highest BCUT2D eigenvalue weighted by atomic mass is 35.7. The number of halogens is 1. The Hall–Kier alpha value is -0.620. The average molecular weight is 265 g/mol. The van der Waals surface area contributed by atoms with Crippen molar-refractivity contribution in [2.45, 2.75) is 12.0 Å². The molecule has 0 saturated carbocycles. The Balaban J connectivity index is 2.82. The van der Waals surface area contributed by atoms with E-state index in [4.69, 9.17) is 20.2 Å². The van der Waals surface area contributed by atoms with Gasteiger partial charge in [0.15, 0.2) is 6.29 Å². The molecule has 0 aliphatic carbocycles. The Morgan fingerprint density at radius 1 is 1.19 bits per heavy atom. The smallest absolute Gasteiger partial charge is 0.236 e. The maximum atomic E-state index is 10.8. The molecular weight excluding hydrogens is 252 g/mol. The molecule has 0 unspecified atom stereocenters. The molecule has 0 bridgehead atoms. The van der Waals surface area contributed by atoms with Gasteiger partial charge in [-0.25, -0.2) is 8.42 Å². The van der Waals surface area contributed by atoms with Crippen LogP contribution in [0, 0.1) is 0 Å². The summed E-state index contributed by atoms with van der Waals surface area (Å²) in [5, 5.41) is 0. The Kier molecular flexibility index (Phi) is 4.73. The summed E-state index contributed by atoms with van der Waals surface area (Å²) in [4.78, 5) is 0. The van der Waals surface area contributed by atoms with Gasteiger partial charge in [0.2, 0.25) is 9.05 Å². The van der Waals surface area contributed by atoms with E-state index in [1.54, 1.807) is 24.3 Å². The molecule has 6 heteroatoms. The molecule has 0 spiro atoms. The van der Waals surface area contributed by atoms with E-state index in [9.17, 15) is 8.42 Å². The molecular formula is C10H13ClO4S. The molecule has 0 aliphatic rings. The van der Waals surface area contributed by atoms with Gasteiger partial charge < -0.3 is 9.47 Å². The molecule has 90 valence electrons. The Labute approximate surface area is 99.6 Å². The second kappa shape index (κ2) is 5.63. The van der Waals surface area contributed by atoms with Gasteiger partial charge in [-0.3, -0.25) is 0 Å². The molecule has 0 heterocycles. The molecule has 0 aromatic heterocycles. The monoisotopic (exact) mass is 264 g/mol. The summed E-state index contributed by atoms with van der Waals surface area (Å²) in [6.45, 7) is 0. The number of rotatable bonds is 5. The number of benzene rings is 1. The fraction of sp³-hybridized carbons (Fsp3) is 0.400. The van der Waals surface area contributed by atoms with Gasteiger partial charge in [0.1, 0.15) is 0 Å². The van der Waals surface area contributed by atoms with Crippen molar-refractivity contribution >= 4 is 19.7 Å². The topological polar surface area (TPSA) is 52.6 Å². The van der Waals surface area contributed by atoms with Gasteiger partial charge in [-0.2, -0.15) is 0 Å². The normalized spacial score (nSPS) is 12.0. The lowest BCUT2D eigenvalue weighted by molar-refractivity contribution is -0.106. The lowest BCUT2D eigenvalue weighted by Crippen LogP contribution is -2.03. The van der Waals surface area contributed by atoms with Gasteiger partial charge in [0, 0.05) is 30.5 Å². The lowest BCUT2D eigenvalue weighted by atomic mass is 10.1. The molecule has 0 radical (unpaired) electrons. The van der Waals surface area contributed by atoms with E-state index in [1.807, 2.05) is 0 Å². The highest BCUT2D eigenvalue weighted by Gasteiger charge is 2.10. The summed E-state index contributed by atoms with van der Waals surface area (Å²) < 4.78 is 31.8. The van der Waals surface area contributed by atoms with Crippen LogP contribution in [0.1, 0.15) is 17.4 Å². The second-order valence-corrected chi connectivity index (χ2v) is 6.01. The number of methoxy groups -OCH3 is 2. The molecule has 1 aromatic rings. The number of hydrogen-bond donors (Lipinski definition) is 0. The third kappa shape index (κ3) is 4.09. The van der Waals surface area contributed by atoms with Crippen LogP contribution in [0.25, 0.3) is 0 Å². The first-order chi connectivity index (χ1) is 7.46. The van der Waals surface area contributed by atoms with Crippen molar-refractivity contribution in [3.8, 4) is 0 Å². The van der Waals surface area contributed by atoms with E-state index in [-0.39, 0.29) is 5.75 Å². The maximum absolute atomic E-state index is 10.8. The van der Waals surface area contributed by atoms with Gasteiger partial charge in [-0.1, -0.05) is 24.3 Å². The quantitative estimate of drug-likeness (QED) is 0.603. The van der Waals surface area contributed by atoms with Crippen molar-refractivity contribution < 1.29 is 17.9 Å². The summed E-state index contributed by atoms with van der Waals surface area (Å²) in [7, 11) is 4.70. The largest absolute Gasteiger partial charge is 0.352 e. The van der Waals surface area contributed by atoms with E-state index in [0.29, 0.717) is 5.56 Å². The summed E-state index contributed by atoms with van der Waals surface area (Å²) in [6, 6.07) is 6.85. The molecule has 0 amide bonds. The van der Waals surface area contributed by atoms with Crippen molar-refractivity contribution in [2.24, 2.45) is 0 Å². The van der Waals surface area contributed by atoms with Crippen molar-refractivity contribution in [3.05, 3.63) is 35.4 Å². The third-order valence-corrected chi connectivity index (χ3v) is 3.02. The first kappa shape index (κ1) is 13.4. The van der Waals surface area contributed by atoms with E-state index in [2.05, 4.69) is 0 Å². The molecule has 0 N–H and O–H groups in total. The fourth-order valence-corrected chi connectivity index (χ4v) is 2.31. The Morgan fingerprint density at radius 3 is 2.06 bits per heavy atom. The minimum atomic E-state index is -3.51. The minimum absolute atomic E-state index is 0.181. The molecule has 4 nitrogen and oxygen atoms in total. The number of ether oxygens (including phenoxy) is 2. The SMILES string of the molecule is COC(OC)c1ccc(CS(=O)(=O)Cl)cc1. The van der Waals surface area contributed by atoms with Gasteiger partial charge in [-0.15, -0.1) is 0 Å². The van der Waals surface area contributed by atoms with Gasteiger partial charge in [0.05, 0.1) is 5.75 Å². The van der Waals surface area contributed by atoms with E-state index in [1.165, 1.54) is 14.2 Å². The summed E-state index contributed by atoms with van der Waals surface area (Å²) in [6.07, 6.45) is -0.443. The van der Waals surface area contributed by atoms with Crippen LogP contribution in [0.4, 0.5) is 0 Å². The molecule has 0 fully saturated rings. The van der Waals surface area contributed by atoms with Crippen molar-refractivity contribution in [2.75, 3.05) is 14.2 Å². The van der Waals surface area contributed by atoms with Crippen molar-refractivity contribution in [3.63, 3.8) is 0 Å². The third-order valence-electron chi connectivity index (χ3n) is 2.02. The average Bonchev–Trinajstić information content (AvgIpc) is 2.20. The summed E-state index contributed by atoms with van der Waals surface area (Å²) in [5.74, 6) is -0.181. The molecule has 0 aliphatic heterocycles. The summed E-state index contributed by atoms with van der Waals surface area (Å²) >= 11 is 0. The Morgan fingerprint density at radius 2 is 1.69 bits per heavy atom. The van der Waals surface area contributed by atoms with Crippen LogP contribution < -0.4 is 0 Å². The van der Waals surface area contributed by atoms with Crippen LogP contribution in [0.3, 0.4) is 0 Å². The lowest BCUT2D eigenvalue weighted by Gasteiger charge is -2.13. The van der Waals surface area contributed by atoms with Crippen LogP contribution in [0.5, 0.6) is 0 Å². The minimum Gasteiger partial charge on any atom is -0.352 e. The highest BCUT2D eigenvalue weighted by molar-refractivity contribution is 8.13. The molecule has 1 aromatic carbocycles. The van der Waals surface area contributed by atoms with E-state index < -0.39 is 15.3 Å². The Bertz CT molecular complexity index is 423. The first-order valence-electron chi connectivity index (χ1n) is 4.53. The molecule has 1 rings (SSSR count). The molecule has 0 saturated heterocycles. The van der Waals surface area contributed by atoms with Gasteiger partial charge in [0.25, 0.3) is 0 Å². The zero-order valence-electron chi connectivity index (χ0n) is 9.01. The van der Waals surface area contributed by atoms with Crippen LogP contribution in [0.2, 0.25) is 0 Å². The predicted molar refractivity (Wildman–Crippen MR) is 61.7 cm³/mol. The van der Waals surface area contributed by atoms with Crippen LogP contribution in [0.15, 0.2) is 24.3 Å². The van der Waals surface area contributed by atoms with Crippen LogP contribution in [-0.2, 0) is 24.3 Å². The van der Waals surface area contributed by atoms with Gasteiger partial charge >= 0.3 is 0 Å². The van der Waals surface area contributed by atoms with Crippen LogP contribution >= 0.6 is 10.7 Å². The fourth-order valence-electron chi connectivity index (χ4n) is 1.34. The second-order valence-electron chi connectivity index (χ2n) is 3.23. The molecule has 16 heavy (non-hydrogen) atoms. The van der Waals surface area contributed by atoms with Crippen LogP contribution in [-0.4, -0.2) is 22.6 Å². The standard InChI is InChI=1S/C10H13ClO4S/c1-14-10(15-2)9-5-3-8(4-6-9)7-16(11,12)13/h3-6,10H,7H2,1-2H3. The van der Waals surface area contributed by atoms with Gasteiger partial charge in [-0.05, 0) is 5.56 Å². The van der Waals surface area contributed by atoms with E-state index >= 15 is 0 Å². The maximum Gasteiger partial charge on any atom is 0.236 e. The van der Waals surface area contributed by atoms with E-state index in [0.717, 1.165) is 5.56 Å². The van der Waals surface area contributed by atoms with Crippen molar-refractivity contribution in [1.29, 1.82) is 0 Å². The molecule has 0 atom stereocenters. The zero-order chi connectivity index (χ0) is 12.2. The highest BCUT2D eigenvalue weighted by Crippen LogP contribution is 2.19. The first-order valence-corrected chi connectivity index (χ1v) is 7.01.